The van der Waals surface area contributed by atoms with Crippen molar-refractivity contribution in [2.24, 2.45) is 0 Å². The summed E-state index contributed by atoms with van der Waals surface area (Å²) < 4.78 is 13.5. The molecule has 0 saturated carbocycles. The first-order valence-electron chi connectivity index (χ1n) is 5.18. The molecule has 0 radical (unpaired) electrons. The van der Waals surface area contributed by atoms with Gasteiger partial charge in [-0.25, -0.2) is 14.4 Å². The number of rotatable bonds is 7. The van der Waals surface area contributed by atoms with Crippen molar-refractivity contribution in [3.63, 3.8) is 0 Å². The fourth-order valence-corrected chi connectivity index (χ4v) is 0.738. The molecule has 0 heterocycles. The van der Waals surface area contributed by atoms with E-state index in [0.717, 1.165) is 25.0 Å². The standard InChI is InChI=1S/C11H16O6/c1-3-4-7-16-9(12)5-6-10(13)17-8-11(14)15-2/h5-6H,3-4,7-8H2,1-2H3/b6-5+. The molecule has 0 spiro atoms. The van der Waals surface area contributed by atoms with Crippen LogP contribution in [0.3, 0.4) is 0 Å². The van der Waals surface area contributed by atoms with E-state index < -0.39 is 24.5 Å². The maximum Gasteiger partial charge on any atom is 0.344 e. The van der Waals surface area contributed by atoms with E-state index in [4.69, 9.17) is 4.74 Å². The minimum atomic E-state index is -0.803. The van der Waals surface area contributed by atoms with Crippen molar-refractivity contribution >= 4 is 17.9 Å². The summed E-state index contributed by atoms with van der Waals surface area (Å²) in [5.74, 6) is -2.09. The lowest BCUT2D eigenvalue weighted by Gasteiger charge is -2.00. The van der Waals surface area contributed by atoms with Crippen LogP contribution in [0, 0.1) is 0 Å². The topological polar surface area (TPSA) is 78.9 Å². The van der Waals surface area contributed by atoms with Gasteiger partial charge in [0.1, 0.15) is 0 Å². The molecule has 0 aromatic heterocycles. The maximum absolute atomic E-state index is 11.0. The molecule has 6 nitrogen and oxygen atoms in total. The molecule has 0 N–H and O–H groups in total. The molecule has 0 rings (SSSR count). The quantitative estimate of drug-likeness (QED) is 0.282. The van der Waals surface area contributed by atoms with Gasteiger partial charge in [0.25, 0.3) is 0 Å². The van der Waals surface area contributed by atoms with Crippen molar-refractivity contribution < 1.29 is 28.6 Å². The molecule has 0 unspecified atom stereocenters. The van der Waals surface area contributed by atoms with Gasteiger partial charge in [0.2, 0.25) is 0 Å². The van der Waals surface area contributed by atoms with Gasteiger partial charge in [-0.1, -0.05) is 13.3 Å². The van der Waals surface area contributed by atoms with Crippen LogP contribution in [0.1, 0.15) is 19.8 Å². The minimum Gasteiger partial charge on any atom is -0.466 e. The summed E-state index contributed by atoms with van der Waals surface area (Å²) in [6.07, 6.45) is 3.54. The van der Waals surface area contributed by atoms with Crippen molar-refractivity contribution in [3.8, 4) is 0 Å². The van der Waals surface area contributed by atoms with Crippen LogP contribution in [-0.4, -0.2) is 38.2 Å². The van der Waals surface area contributed by atoms with E-state index in [1.807, 2.05) is 6.92 Å². The van der Waals surface area contributed by atoms with Crippen molar-refractivity contribution in [3.05, 3.63) is 12.2 Å². The van der Waals surface area contributed by atoms with Crippen LogP contribution in [0.2, 0.25) is 0 Å². The number of esters is 3. The number of ether oxygens (including phenoxy) is 3. The first kappa shape index (κ1) is 15.2. The molecule has 96 valence electrons. The van der Waals surface area contributed by atoms with Gasteiger partial charge >= 0.3 is 17.9 Å². The van der Waals surface area contributed by atoms with Gasteiger partial charge < -0.3 is 14.2 Å². The van der Waals surface area contributed by atoms with Crippen molar-refractivity contribution in [2.75, 3.05) is 20.3 Å². The van der Waals surface area contributed by atoms with Crippen LogP contribution in [0.5, 0.6) is 0 Å². The third-order valence-electron chi connectivity index (χ3n) is 1.66. The lowest BCUT2D eigenvalue weighted by atomic mass is 10.4. The Morgan fingerprint density at radius 3 is 2.18 bits per heavy atom. The van der Waals surface area contributed by atoms with Crippen LogP contribution < -0.4 is 0 Å². The SMILES string of the molecule is CCCCOC(=O)/C=C/C(=O)OCC(=O)OC. The lowest BCUT2D eigenvalue weighted by molar-refractivity contribution is -0.154. The summed E-state index contributed by atoms with van der Waals surface area (Å²) in [7, 11) is 1.18. The molecule has 0 aromatic rings. The highest BCUT2D eigenvalue weighted by Crippen LogP contribution is 1.91. The second kappa shape index (κ2) is 9.38. The molecule has 0 bridgehead atoms. The highest BCUT2D eigenvalue weighted by atomic mass is 16.6. The first-order chi connectivity index (χ1) is 8.10. The Labute approximate surface area is 99.5 Å². The van der Waals surface area contributed by atoms with Gasteiger partial charge in [-0.05, 0) is 6.42 Å². The minimum absolute atomic E-state index is 0.316. The van der Waals surface area contributed by atoms with Crippen molar-refractivity contribution in [1.82, 2.24) is 0 Å². The summed E-state index contributed by atoms with van der Waals surface area (Å²) in [6.45, 7) is 1.80. The van der Waals surface area contributed by atoms with E-state index in [9.17, 15) is 14.4 Å². The Morgan fingerprint density at radius 2 is 1.65 bits per heavy atom. The predicted octanol–water partition coefficient (Wildman–Crippen LogP) is 0.602. The number of carbonyl (C=O) groups excluding carboxylic acids is 3. The van der Waals surface area contributed by atoms with Gasteiger partial charge in [-0.2, -0.15) is 0 Å². The van der Waals surface area contributed by atoms with E-state index >= 15 is 0 Å². The summed E-state index contributed by atoms with van der Waals surface area (Å²) >= 11 is 0. The molecule has 0 fully saturated rings. The van der Waals surface area contributed by atoms with Gasteiger partial charge in [-0.3, -0.25) is 0 Å². The normalized spacial score (nSPS) is 10.0. The molecular formula is C11H16O6. The monoisotopic (exact) mass is 244 g/mol. The Hall–Kier alpha value is -1.85. The van der Waals surface area contributed by atoms with E-state index in [1.165, 1.54) is 7.11 Å². The second-order valence-electron chi connectivity index (χ2n) is 3.04. The zero-order valence-electron chi connectivity index (χ0n) is 9.93. The molecule has 0 aliphatic heterocycles. The second-order valence-corrected chi connectivity index (χ2v) is 3.04. The third kappa shape index (κ3) is 9.10. The number of hydrogen-bond donors (Lipinski definition) is 0. The largest absolute Gasteiger partial charge is 0.466 e. The number of carbonyl (C=O) groups is 3. The van der Waals surface area contributed by atoms with Gasteiger partial charge in [0.05, 0.1) is 13.7 Å². The van der Waals surface area contributed by atoms with Gasteiger partial charge in [-0.15, -0.1) is 0 Å². The fourth-order valence-electron chi connectivity index (χ4n) is 0.738. The highest BCUT2D eigenvalue weighted by Gasteiger charge is 2.04. The van der Waals surface area contributed by atoms with E-state index in [-0.39, 0.29) is 0 Å². The summed E-state index contributed by atoms with van der Waals surface area (Å²) in [5.41, 5.74) is 0. The van der Waals surface area contributed by atoms with E-state index in [0.29, 0.717) is 6.61 Å². The van der Waals surface area contributed by atoms with Crippen LogP contribution in [0.25, 0.3) is 0 Å². The lowest BCUT2D eigenvalue weighted by Crippen LogP contribution is -2.13. The van der Waals surface area contributed by atoms with Gasteiger partial charge in [0.15, 0.2) is 6.61 Å². The van der Waals surface area contributed by atoms with E-state index in [2.05, 4.69) is 9.47 Å². The molecule has 6 heteroatoms. The predicted molar refractivity (Wildman–Crippen MR) is 58.0 cm³/mol. The zero-order valence-corrected chi connectivity index (χ0v) is 9.93. The molecule has 17 heavy (non-hydrogen) atoms. The van der Waals surface area contributed by atoms with Crippen LogP contribution in [0.15, 0.2) is 12.2 Å². The molecular weight excluding hydrogens is 228 g/mol. The van der Waals surface area contributed by atoms with E-state index in [1.54, 1.807) is 0 Å². The van der Waals surface area contributed by atoms with Crippen molar-refractivity contribution in [1.29, 1.82) is 0 Å². The third-order valence-corrected chi connectivity index (χ3v) is 1.66. The molecule has 0 atom stereocenters. The Bertz CT molecular complexity index is 294. The van der Waals surface area contributed by atoms with Crippen LogP contribution in [-0.2, 0) is 28.6 Å². The average molecular weight is 244 g/mol. The average Bonchev–Trinajstić information content (AvgIpc) is 2.33. The molecule has 0 aliphatic rings. The summed E-state index contributed by atoms with van der Waals surface area (Å²) in [4.78, 5) is 32.6. The number of methoxy groups -OCH3 is 1. The summed E-state index contributed by atoms with van der Waals surface area (Å²) in [6, 6.07) is 0. The van der Waals surface area contributed by atoms with Crippen LogP contribution >= 0.6 is 0 Å². The molecule has 0 aliphatic carbocycles. The maximum atomic E-state index is 11.0. The molecule has 0 amide bonds. The first-order valence-corrected chi connectivity index (χ1v) is 5.18. The van der Waals surface area contributed by atoms with Crippen molar-refractivity contribution in [2.45, 2.75) is 19.8 Å². The summed E-state index contributed by atoms with van der Waals surface area (Å²) in [5, 5.41) is 0. The highest BCUT2D eigenvalue weighted by molar-refractivity contribution is 5.92. The molecule has 0 aromatic carbocycles. The van der Waals surface area contributed by atoms with Gasteiger partial charge in [0, 0.05) is 12.2 Å². The number of hydrogen-bond acceptors (Lipinski definition) is 6. The smallest absolute Gasteiger partial charge is 0.344 e. The van der Waals surface area contributed by atoms with Crippen LogP contribution in [0.4, 0.5) is 0 Å². The Kier molecular flexibility index (Phi) is 8.36. The fraction of sp³-hybridized carbons (Fsp3) is 0.545. The number of unbranched alkanes of at least 4 members (excludes halogenated alkanes) is 1. The molecule has 0 saturated heterocycles. The Balaban J connectivity index is 3.78. The Morgan fingerprint density at radius 1 is 1.06 bits per heavy atom. The zero-order chi connectivity index (χ0) is 13.1.